The lowest BCUT2D eigenvalue weighted by Gasteiger charge is -2.21. The van der Waals surface area contributed by atoms with E-state index in [0.29, 0.717) is 30.4 Å². The molecule has 0 unspecified atom stereocenters. The Morgan fingerprint density at radius 2 is 2.09 bits per heavy atom. The van der Waals surface area contributed by atoms with Gasteiger partial charge in [0.2, 0.25) is 10.0 Å². The van der Waals surface area contributed by atoms with Gasteiger partial charge in [-0.1, -0.05) is 13.8 Å². The van der Waals surface area contributed by atoms with Gasteiger partial charge in [0.05, 0.1) is 11.8 Å². The van der Waals surface area contributed by atoms with E-state index in [4.69, 9.17) is 0 Å². The van der Waals surface area contributed by atoms with Crippen molar-refractivity contribution in [2.75, 3.05) is 24.2 Å². The van der Waals surface area contributed by atoms with Crippen LogP contribution in [0.25, 0.3) is 0 Å². The van der Waals surface area contributed by atoms with E-state index in [9.17, 15) is 13.7 Å². The van der Waals surface area contributed by atoms with Gasteiger partial charge in [-0.05, 0) is 30.9 Å². The first-order valence-corrected chi connectivity index (χ1v) is 9.20. The maximum atomic E-state index is 11.6. The van der Waals surface area contributed by atoms with E-state index >= 15 is 0 Å². The predicted octanol–water partition coefficient (Wildman–Crippen LogP) is 1.27. The van der Waals surface area contributed by atoms with Crippen molar-refractivity contribution < 1.29 is 8.42 Å². The van der Waals surface area contributed by atoms with Gasteiger partial charge >= 0.3 is 0 Å². The number of aryl methyl sites for hydroxylation is 1. The first-order chi connectivity index (χ1) is 10.2. The highest BCUT2D eigenvalue weighted by molar-refractivity contribution is 7.88. The SMILES string of the molecule is Cc1ccc(C#N)c(N2C[C@H](NS(C)(=O)=O)[C@@H](C(C)C)C2)n1. The number of hydrogen-bond acceptors (Lipinski definition) is 5. The Labute approximate surface area is 132 Å². The maximum Gasteiger partial charge on any atom is 0.209 e. The summed E-state index contributed by atoms with van der Waals surface area (Å²) in [5.74, 6) is 1.16. The van der Waals surface area contributed by atoms with Gasteiger partial charge in [-0.25, -0.2) is 18.1 Å². The highest BCUT2D eigenvalue weighted by Gasteiger charge is 2.37. The smallest absolute Gasteiger partial charge is 0.209 e. The molecule has 0 aliphatic carbocycles. The molecule has 2 heterocycles. The second-order valence-corrected chi connectivity index (χ2v) is 8.03. The summed E-state index contributed by atoms with van der Waals surface area (Å²) >= 11 is 0. The third-order valence-electron chi connectivity index (χ3n) is 4.02. The van der Waals surface area contributed by atoms with Gasteiger partial charge in [-0.2, -0.15) is 5.26 Å². The van der Waals surface area contributed by atoms with Crippen LogP contribution >= 0.6 is 0 Å². The molecule has 1 aliphatic heterocycles. The molecule has 0 bridgehead atoms. The fourth-order valence-corrected chi connectivity index (χ4v) is 3.75. The summed E-state index contributed by atoms with van der Waals surface area (Å²) in [6, 6.07) is 5.57. The molecule has 1 fully saturated rings. The molecule has 0 radical (unpaired) electrons. The Kier molecular flexibility index (Phi) is 4.73. The molecule has 2 atom stereocenters. The average molecular weight is 322 g/mol. The zero-order chi connectivity index (χ0) is 16.5. The van der Waals surface area contributed by atoms with Crippen LogP contribution in [-0.4, -0.2) is 38.8 Å². The molecule has 1 aromatic rings. The van der Waals surface area contributed by atoms with Crippen LogP contribution < -0.4 is 9.62 Å². The molecule has 120 valence electrons. The van der Waals surface area contributed by atoms with Crippen LogP contribution in [-0.2, 0) is 10.0 Å². The van der Waals surface area contributed by atoms with Crippen LogP contribution in [0.1, 0.15) is 25.1 Å². The van der Waals surface area contributed by atoms with Crippen molar-refractivity contribution in [3.05, 3.63) is 23.4 Å². The zero-order valence-corrected chi connectivity index (χ0v) is 14.2. The standard InChI is InChI=1S/C15H22N4O2S/c1-10(2)13-8-19(9-14(13)18-22(4,20)21)15-12(7-16)6-5-11(3)17-15/h5-6,10,13-14,18H,8-9H2,1-4H3/t13-,14+/m1/s1. The number of nitrogens with one attached hydrogen (secondary N) is 1. The first kappa shape index (κ1) is 16.7. The van der Waals surface area contributed by atoms with Gasteiger partial charge in [0, 0.05) is 24.8 Å². The normalized spacial score (nSPS) is 22.1. The fourth-order valence-electron chi connectivity index (χ4n) is 2.95. The average Bonchev–Trinajstić information content (AvgIpc) is 2.80. The number of anilines is 1. The van der Waals surface area contributed by atoms with Crippen molar-refractivity contribution in [2.24, 2.45) is 11.8 Å². The van der Waals surface area contributed by atoms with Crippen LogP contribution in [0.3, 0.4) is 0 Å². The first-order valence-electron chi connectivity index (χ1n) is 7.31. The summed E-state index contributed by atoms with van der Waals surface area (Å²) in [5, 5.41) is 9.27. The molecule has 0 spiro atoms. The molecule has 0 saturated carbocycles. The quantitative estimate of drug-likeness (QED) is 0.902. The van der Waals surface area contributed by atoms with Gasteiger partial charge in [-0.15, -0.1) is 0 Å². The van der Waals surface area contributed by atoms with Crippen LogP contribution in [0.5, 0.6) is 0 Å². The van der Waals surface area contributed by atoms with Crippen LogP contribution in [0.4, 0.5) is 5.82 Å². The second kappa shape index (κ2) is 6.23. The minimum Gasteiger partial charge on any atom is -0.354 e. The molecule has 1 aliphatic rings. The molecule has 6 nitrogen and oxygen atoms in total. The van der Waals surface area contributed by atoms with Crippen molar-refractivity contribution in [3.63, 3.8) is 0 Å². The summed E-state index contributed by atoms with van der Waals surface area (Å²) in [4.78, 5) is 6.49. The number of sulfonamides is 1. The highest BCUT2D eigenvalue weighted by Crippen LogP contribution is 2.30. The molecule has 22 heavy (non-hydrogen) atoms. The van der Waals surface area contributed by atoms with E-state index in [1.54, 1.807) is 6.07 Å². The lowest BCUT2D eigenvalue weighted by Crippen LogP contribution is -2.41. The van der Waals surface area contributed by atoms with E-state index < -0.39 is 10.0 Å². The Hall–Kier alpha value is -1.65. The molecule has 1 aromatic heterocycles. The Bertz CT molecular complexity index is 694. The molecule has 1 N–H and O–H groups in total. The van der Waals surface area contributed by atoms with Crippen LogP contribution in [0.2, 0.25) is 0 Å². The van der Waals surface area contributed by atoms with Gasteiger partial charge in [0.25, 0.3) is 0 Å². The third-order valence-corrected chi connectivity index (χ3v) is 4.75. The van der Waals surface area contributed by atoms with Crippen LogP contribution in [0.15, 0.2) is 12.1 Å². The lowest BCUT2D eigenvalue weighted by atomic mass is 9.92. The largest absolute Gasteiger partial charge is 0.354 e. The van der Waals surface area contributed by atoms with Gasteiger partial charge in [-0.3, -0.25) is 0 Å². The number of hydrogen-bond donors (Lipinski definition) is 1. The molecular weight excluding hydrogens is 300 g/mol. The zero-order valence-electron chi connectivity index (χ0n) is 13.4. The van der Waals surface area contributed by atoms with Gasteiger partial charge in [0.15, 0.2) is 0 Å². The summed E-state index contributed by atoms with van der Waals surface area (Å²) in [6.07, 6.45) is 1.18. The topological polar surface area (TPSA) is 86.1 Å². The summed E-state index contributed by atoms with van der Waals surface area (Å²) < 4.78 is 25.9. The van der Waals surface area contributed by atoms with Gasteiger partial charge < -0.3 is 4.90 Å². The fraction of sp³-hybridized carbons (Fsp3) is 0.600. The Morgan fingerprint density at radius 3 is 2.64 bits per heavy atom. The number of nitriles is 1. The maximum absolute atomic E-state index is 11.6. The number of aromatic nitrogens is 1. The molecule has 7 heteroatoms. The van der Waals surface area contributed by atoms with Crippen LogP contribution in [0, 0.1) is 30.1 Å². The van der Waals surface area contributed by atoms with E-state index in [0.717, 1.165) is 5.69 Å². The minimum absolute atomic E-state index is 0.163. The van der Waals surface area contributed by atoms with Crippen molar-refractivity contribution in [1.82, 2.24) is 9.71 Å². The highest BCUT2D eigenvalue weighted by atomic mass is 32.2. The molecular formula is C15H22N4O2S. The van der Waals surface area contributed by atoms with E-state index in [1.807, 2.05) is 17.9 Å². The Balaban J connectivity index is 2.32. The van der Waals surface area contributed by atoms with E-state index in [-0.39, 0.29) is 12.0 Å². The second-order valence-electron chi connectivity index (χ2n) is 6.24. The van der Waals surface area contributed by atoms with Crippen molar-refractivity contribution in [3.8, 4) is 6.07 Å². The Morgan fingerprint density at radius 1 is 1.41 bits per heavy atom. The van der Waals surface area contributed by atoms with E-state index in [2.05, 4.69) is 29.6 Å². The minimum atomic E-state index is -3.27. The summed E-state index contributed by atoms with van der Waals surface area (Å²) in [7, 11) is -3.27. The molecule has 1 saturated heterocycles. The molecule has 0 amide bonds. The molecule has 2 rings (SSSR count). The van der Waals surface area contributed by atoms with Crippen molar-refractivity contribution in [2.45, 2.75) is 26.8 Å². The van der Waals surface area contributed by atoms with E-state index in [1.165, 1.54) is 6.26 Å². The monoisotopic (exact) mass is 322 g/mol. The summed E-state index contributed by atoms with van der Waals surface area (Å²) in [5.41, 5.74) is 1.36. The molecule has 0 aromatic carbocycles. The summed E-state index contributed by atoms with van der Waals surface area (Å²) in [6.45, 7) is 7.27. The number of pyridine rings is 1. The van der Waals surface area contributed by atoms with Gasteiger partial charge in [0.1, 0.15) is 11.9 Å². The lowest BCUT2D eigenvalue weighted by molar-refractivity contribution is 0.365. The number of rotatable bonds is 4. The number of nitrogens with zero attached hydrogens (tertiary/aromatic N) is 3. The predicted molar refractivity (Wildman–Crippen MR) is 86.0 cm³/mol. The third kappa shape index (κ3) is 3.76. The van der Waals surface area contributed by atoms with Crippen molar-refractivity contribution >= 4 is 15.8 Å². The van der Waals surface area contributed by atoms with Crippen molar-refractivity contribution in [1.29, 1.82) is 5.26 Å².